The molecule has 3 aromatic rings. The second-order valence-electron chi connectivity index (χ2n) is 7.51. The zero-order chi connectivity index (χ0) is 20.7. The number of aromatic nitrogens is 4. The van der Waals surface area contributed by atoms with E-state index in [1.54, 1.807) is 11.7 Å². The number of anilines is 2. The third-order valence-corrected chi connectivity index (χ3v) is 5.83. The first-order valence-corrected chi connectivity index (χ1v) is 9.78. The maximum Gasteiger partial charge on any atom is 0.261 e. The number of hydrogen-bond acceptors (Lipinski definition) is 4. The number of benzene rings is 1. The minimum absolute atomic E-state index is 0.0581. The summed E-state index contributed by atoms with van der Waals surface area (Å²) in [7, 11) is 3.62. The molecule has 2 aromatic heterocycles. The van der Waals surface area contributed by atoms with Gasteiger partial charge in [0.05, 0.1) is 16.9 Å². The fraction of sp³-hybridized carbons (Fsp3) is 0.350. The van der Waals surface area contributed by atoms with E-state index >= 15 is 0 Å². The first-order valence-electron chi connectivity index (χ1n) is 9.40. The molecule has 1 fully saturated rings. The van der Waals surface area contributed by atoms with Crippen LogP contribution in [-0.2, 0) is 14.1 Å². The van der Waals surface area contributed by atoms with Crippen molar-refractivity contribution in [2.45, 2.75) is 31.1 Å². The van der Waals surface area contributed by atoms with Crippen molar-refractivity contribution in [1.82, 2.24) is 19.6 Å². The standard InChI is InChI=1S/C20H22ClFN6O/c1-27-10-13(9-24-27)11-3-4-12(7-11)18-17(19(23)28(2)26-18)20(29)25-14-5-6-16(22)15(21)8-14/h5-6,8-12H,3-4,7,23H2,1-2H3,(H,25,29)/t11-,12+/m1/s1. The number of halogens is 2. The largest absolute Gasteiger partial charge is 0.383 e. The van der Waals surface area contributed by atoms with Crippen molar-refractivity contribution in [2.75, 3.05) is 11.1 Å². The smallest absolute Gasteiger partial charge is 0.261 e. The van der Waals surface area contributed by atoms with E-state index < -0.39 is 5.82 Å². The summed E-state index contributed by atoms with van der Waals surface area (Å²) in [5.74, 6) is -0.114. The van der Waals surface area contributed by atoms with Gasteiger partial charge in [0.15, 0.2) is 0 Å². The summed E-state index contributed by atoms with van der Waals surface area (Å²) < 4.78 is 16.7. The lowest BCUT2D eigenvalue weighted by Gasteiger charge is -2.11. The van der Waals surface area contributed by atoms with Gasteiger partial charge in [-0.25, -0.2) is 4.39 Å². The molecule has 0 bridgehead atoms. The molecule has 0 saturated heterocycles. The van der Waals surface area contributed by atoms with Crippen LogP contribution in [0.2, 0.25) is 5.02 Å². The summed E-state index contributed by atoms with van der Waals surface area (Å²) in [5.41, 5.74) is 8.83. The highest BCUT2D eigenvalue weighted by Gasteiger charge is 2.34. The zero-order valence-electron chi connectivity index (χ0n) is 16.2. The van der Waals surface area contributed by atoms with E-state index in [4.69, 9.17) is 17.3 Å². The van der Waals surface area contributed by atoms with Crippen LogP contribution >= 0.6 is 11.6 Å². The highest BCUT2D eigenvalue weighted by atomic mass is 35.5. The van der Waals surface area contributed by atoms with Gasteiger partial charge in [-0.1, -0.05) is 11.6 Å². The summed E-state index contributed by atoms with van der Waals surface area (Å²) in [6, 6.07) is 4.04. The fourth-order valence-corrected chi connectivity index (χ4v) is 4.21. The van der Waals surface area contributed by atoms with E-state index in [1.807, 2.05) is 19.4 Å². The Balaban J connectivity index is 1.58. The topological polar surface area (TPSA) is 90.8 Å². The molecule has 0 radical (unpaired) electrons. The third kappa shape index (κ3) is 3.72. The van der Waals surface area contributed by atoms with Crippen LogP contribution in [0.1, 0.15) is 52.7 Å². The van der Waals surface area contributed by atoms with Gasteiger partial charge in [-0.2, -0.15) is 10.2 Å². The van der Waals surface area contributed by atoms with Gasteiger partial charge in [0.25, 0.3) is 5.91 Å². The number of rotatable bonds is 4. The van der Waals surface area contributed by atoms with Crippen LogP contribution in [-0.4, -0.2) is 25.5 Å². The van der Waals surface area contributed by atoms with Gasteiger partial charge in [-0.15, -0.1) is 0 Å². The lowest BCUT2D eigenvalue weighted by molar-refractivity contribution is 0.102. The molecule has 1 aliphatic carbocycles. The van der Waals surface area contributed by atoms with Crippen molar-refractivity contribution in [2.24, 2.45) is 14.1 Å². The van der Waals surface area contributed by atoms with E-state index in [0.29, 0.717) is 28.7 Å². The van der Waals surface area contributed by atoms with Crippen LogP contribution in [0.3, 0.4) is 0 Å². The van der Waals surface area contributed by atoms with Crippen LogP contribution in [0.25, 0.3) is 0 Å². The molecule has 3 N–H and O–H groups in total. The van der Waals surface area contributed by atoms with E-state index in [-0.39, 0.29) is 16.8 Å². The Hall–Kier alpha value is -2.87. The quantitative estimate of drug-likeness (QED) is 0.676. The highest BCUT2D eigenvalue weighted by Crippen LogP contribution is 2.44. The molecule has 9 heteroatoms. The molecule has 1 aromatic carbocycles. The first-order chi connectivity index (χ1) is 13.8. The van der Waals surface area contributed by atoms with E-state index in [9.17, 15) is 9.18 Å². The minimum Gasteiger partial charge on any atom is -0.383 e. The van der Waals surface area contributed by atoms with Gasteiger partial charge in [-0.05, 0) is 48.9 Å². The molecule has 7 nitrogen and oxygen atoms in total. The number of amides is 1. The van der Waals surface area contributed by atoms with E-state index in [0.717, 1.165) is 19.3 Å². The van der Waals surface area contributed by atoms with Crippen molar-refractivity contribution in [3.05, 3.63) is 58.3 Å². The molecule has 4 rings (SSSR count). The summed E-state index contributed by atoms with van der Waals surface area (Å²) in [5, 5.41) is 11.5. The summed E-state index contributed by atoms with van der Waals surface area (Å²) in [6.07, 6.45) is 6.72. The van der Waals surface area contributed by atoms with Crippen LogP contribution in [0.15, 0.2) is 30.6 Å². The molecule has 29 heavy (non-hydrogen) atoms. The maximum absolute atomic E-state index is 13.4. The number of carbonyl (C=O) groups excluding carboxylic acids is 1. The molecule has 0 unspecified atom stereocenters. The van der Waals surface area contributed by atoms with Crippen LogP contribution in [0.4, 0.5) is 15.9 Å². The van der Waals surface area contributed by atoms with Gasteiger partial charge in [0.1, 0.15) is 17.2 Å². The number of hydrogen-bond donors (Lipinski definition) is 2. The lowest BCUT2D eigenvalue weighted by Crippen LogP contribution is -2.16. The third-order valence-electron chi connectivity index (χ3n) is 5.54. The van der Waals surface area contributed by atoms with Crippen LogP contribution in [0, 0.1) is 5.82 Å². The normalized spacial score (nSPS) is 18.9. The predicted molar refractivity (Wildman–Crippen MR) is 110 cm³/mol. The number of nitrogens with two attached hydrogens (primary N) is 1. The molecular formula is C20H22ClFN6O. The van der Waals surface area contributed by atoms with Gasteiger partial charge in [0, 0.05) is 31.9 Å². The molecule has 1 saturated carbocycles. The number of carbonyl (C=O) groups is 1. The lowest BCUT2D eigenvalue weighted by atomic mass is 9.95. The van der Waals surface area contributed by atoms with Crippen molar-refractivity contribution in [3.8, 4) is 0 Å². The highest BCUT2D eigenvalue weighted by molar-refractivity contribution is 6.31. The molecular weight excluding hydrogens is 395 g/mol. The van der Waals surface area contributed by atoms with E-state index in [2.05, 4.69) is 15.5 Å². The number of nitrogen functional groups attached to an aromatic ring is 1. The molecule has 0 aliphatic heterocycles. The van der Waals surface area contributed by atoms with Gasteiger partial charge < -0.3 is 11.1 Å². The van der Waals surface area contributed by atoms with Crippen LogP contribution < -0.4 is 11.1 Å². The van der Waals surface area contributed by atoms with Crippen molar-refractivity contribution >= 4 is 29.0 Å². The summed E-state index contributed by atoms with van der Waals surface area (Å²) >= 11 is 5.82. The Morgan fingerprint density at radius 3 is 2.76 bits per heavy atom. The number of nitrogens with zero attached hydrogens (tertiary/aromatic N) is 4. The minimum atomic E-state index is -0.543. The van der Waals surface area contributed by atoms with Crippen LogP contribution in [0.5, 0.6) is 0 Å². The fourth-order valence-electron chi connectivity index (χ4n) is 4.03. The first kappa shape index (κ1) is 19.4. The average molecular weight is 417 g/mol. The second-order valence-corrected chi connectivity index (χ2v) is 7.91. The van der Waals surface area contributed by atoms with Gasteiger partial charge in [0.2, 0.25) is 0 Å². The number of nitrogens with one attached hydrogen (secondary N) is 1. The molecule has 2 atom stereocenters. The van der Waals surface area contributed by atoms with Gasteiger partial charge >= 0.3 is 0 Å². The Labute approximate surface area is 172 Å². The van der Waals surface area contributed by atoms with Crippen molar-refractivity contribution < 1.29 is 9.18 Å². The Bertz CT molecular complexity index is 1080. The maximum atomic E-state index is 13.4. The zero-order valence-corrected chi connectivity index (χ0v) is 16.9. The monoisotopic (exact) mass is 416 g/mol. The molecule has 152 valence electrons. The van der Waals surface area contributed by atoms with Crippen molar-refractivity contribution in [3.63, 3.8) is 0 Å². The summed E-state index contributed by atoms with van der Waals surface area (Å²) in [4.78, 5) is 13.0. The summed E-state index contributed by atoms with van der Waals surface area (Å²) in [6.45, 7) is 0. The number of aryl methyl sites for hydroxylation is 2. The molecule has 2 heterocycles. The second kappa shape index (κ2) is 7.51. The van der Waals surface area contributed by atoms with Gasteiger partial charge in [-0.3, -0.25) is 14.2 Å². The predicted octanol–water partition coefficient (Wildman–Crippen LogP) is 3.83. The molecule has 1 amide bonds. The molecule has 0 spiro atoms. The Kier molecular flexibility index (Phi) is 5.04. The average Bonchev–Trinajstić information content (AvgIpc) is 3.38. The SMILES string of the molecule is Cn1cc([C@@H]2CC[C@H](c3nn(C)c(N)c3C(=O)Nc3ccc(F)c(Cl)c3)C2)cn1. The van der Waals surface area contributed by atoms with Crippen molar-refractivity contribution in [1.29, 1.82) is 0 Å². The molecule has 1 aliphatic rings. The Morgan fingerprint density at radius 1 is 1.31 bits per heavy atom. The van der Waals surface area contributed by atoms with E-state index in [1.165, 1.54) is 28.4 Å². The Morgan fingerprint density at radius 2 is 2.07 bits per heavy atom.